The van der Waals surface area contributed by atoms with Gasteiger partial charge in [0.25, 0.3) is 0 Å². The summed E-state index contributed by atoms with van der Waals surface area (Å²) in [5, 5.41) is 0. The fourth-order valence-corrected chi connectivity index (χ4v) is 3.53. The molecule has 0 bridgehead atoms. The average molecular weight is 382 g/mol. The van der Waals surface area contributed by atoms with Crippen LogP contribution in [0.4, 0.5) is 0 Å². The summed E-state index contributed by atoms with van der Waals surface area (Å²) in [4.78, 5) is 13.2. The summed E-state index contributed by atoms with van der Waals surface area (Å²) in [5.74, 6) is 1.05. The van der Waals surface area contributed by atoms with Crippen molar-refractivity contribution in [3.05, 3.63) is 42.4 Å². The summed E-state index contributed by atoms with van der Waals surface area (Å²) in [6.45, 7) is 1.93. The third-order valence-electron chi connectivity index (χ3n) is 3.71. The summed E-state index contributed by atoms with van der Waals surface area (Å²) in [7, 11) is -0.995. The van der Waals surface area contributed by atoms with Crippen molar-refractivity contribution in [3.8, 4) is 11.5 Å². The first-order valence-corrected chi connectivity index (χ1v) is 9.35. The monoisotopic (exact) mass is 382 g/mol. The lowest BCUT2D eigenvalue weighted by atomic mass is 10.3. The van der Waals surface area contributed by atoms with E-state index in [0.29, 0.717) is 11.5 Å². The van der Waals surface area contributed by atoms with Crippen LogP contribution in [0.1, 0.15) is 12.7 Å². The highest BCUT2D eigenvalue weighted by Gasteiger charge is 2.21. The van der Waals surface area contributed by atoms with Gasteiger partial charge in [-0.2, -0.15) is 0 Å². The second-order valence-corrected chi connectivity index (χ2v) is 7.17. The number of sulfonamides is 1. The largest absolute Gasteiger partial charge is 0.497 e. The van der Waals surface area contributed by atoms with Gasteiger partial charge in [0, 0.05) is 26.1 Å². The summed E-state index contributed by atoms with van der Waals surface area (Å²) >= 11 is 0. The van der Waals surface area contributed by atoms with Crippen LogP contribution in [0.15, 0.2) is 45.9 Å². The van der Waals surface area contributed by atoms with E-state index in [-0.39, 0.29) is 36.2 Å². The SMILES string of the molecule is COc1ccc(OC)c(S(=O)(=O)NCCN(Cc2ccco2)C(C)=O)c1. The van der Waals surface area contributed by atoms with Crippen molar-refractivity contribution >= 4 is 15.9 Å². The van der Waals surface area contributed by atoms with Crippen molar-refractivity contribution in [1.29, 1.82) is 0 Å². The average Bonchev–Trinajstić information content (AvgIpc) is 3.13. The van der Waals surface area contributed by atoms with Crippen molar-refractivity contribution in [2.75, 3.05) is 27.3 Å². The first kappa shape index (κ1) is 19.8. The van der Waals surface area contributed by atoms with Gasteiger partial charge < -0.3 is 18.8 Å². The van der Waals surface area contributed by atoms with Gasteiger partial charge in [-0.3, -0.25) is 4.79 Å². The smallest absolute Gasteiger partial charge is 0.244 e. The number of carbonyl (C=O) groups excluding carboxylic acids is 1. The Balaban J connectivity index is 2.06. The molecule has 8 nitrogen and oxygen atoms in total. The van der Waals surface area contributed by atoms with E-state index in [2.05, 4.69) is 4.72 Å². The molecule has 0 saturated carbocycles. The summed E-state index contributed by atoms with van der Waals surface area (Å²) in [6, 6.07) is 7.99. The maximum absolute atomic E-state index is 12.6. The van der Waals surface area contributed by atoms with Gasteiger partial charge in [-0.15, -0.1) is 0 Å². The lowest BCUT2D eigenvalue weighted by Crippen LogP contribution is -2.37. The van der Waals surface area contributed by atoms with E-state index in [0.717, 1.165) is 0 Å². The fraction of sp³-hybridized carbons (Fsp3) is 0.353. The van der Waals surface area contributed by atoms with Crippen molar-refractivity contribution in [2.45, 2.75) is 18.4 Å². The van der Waals surface area contributed by atoms with Gasteiger partial charge in [-0.25, -0.2) is 13.1 Å². The maximum atomic E-state index is 12.6. The summed E-state index contributed by atoms with van der Waals surface area (Å²) < 4.78 is 43.0. The molecule has 0 aliphatic rings. The number of amides is 1. The Bertz CT molecular complexity index is 833. The van der Waals surface area contributed by atoms with Gasteiger partial charge in [0.1, 0.15) is 22.2 Å². The first-order valence-electron chi connectivity index (χ1n) is 7.87. The quantitative estimate of drug-likeness (QED) is 0.708. The van der Waals surface area contributed by atoms with Crippen LogP contribution in [0.25, 0.3) is 0 Å². The third-order valence-corrected chi connectivity index (χ3v) is 5.19. The number of benzene rings is 1. The molecule has 1 heterocycles. The zero-order valence-corrected chi connectivity index (χ0v) is 15.7. The van der Waals surface area contributed by atoms with Gasteiger partial charge in [-0.1, -0.05) is 0 Å². The van der Waals surface area contributed by atoms with Crippen molar-refractivity contribution in [2.24, 2.45) is 0 Å². The molecule has 1 aromatic carbocycles. The van der Waals surface area contributed by atoms with E-state index in [4.69, 9.17) is 13.9 Å². The van der Waals surface area contributed by atoms with Crippen LogP contribution in [0.5, 0.6) is 11.5 Å². The van der Waals surface area contributed by atoms with E-state index < -0.39 is 10.0 Å². The molecule has 0 unspecified atom stereocenters. The Morgan fingerprint density at radius 1 is 1.23 bits per heavy atom. The topological polar surface area (TPSA) is 98.1 Å². The standard InChI is InChI=1S/C17H22N2O6S/c1-13(20)19(12-15-5-4-10-25-15)9-8-18-26(21,22)17-11-14(23-2)6-7-16(17)24-3/h4-7,10-11,18H,8-9,12H2,1-3H3. The predicted molar refractivity (Wildman–Crippen MR) is 94.5 cm³/mol. The molecule has 142 valence electrons. The van der Waals surface area contributed by atoms with Crippen LogP contribution in [-0.2, 0) is 21.4 Å². The normalized spacial score (nSPS) is 11.2. The second-order valence-electron chi connectivity index (χ2n) is 5.43. The Kier molecular flexibility index (Phi) is 6.64. The Hall–Kier alpha value is -2.52. The molecule has 2 aromatic rings. The van der Waals surface area contributed by atoms with Crippen LogP contribution >= 0.6 is 0 Å². The lowest BCUT2D eigenvalue weighted by molar-refractivity contribution is -0.129. The molecule has 0 aliphatic heterocycles. The van der Waals surface area contributed by atoms with Crippen molar-refractivity contribution in [3.63, 3.8) is 0 Å². The molecule has 9 heteroatoms. The molecule has 1 N–H and O–H groups in total. The van der Waals surface area contributed by atoms with Gasteiger partial charge >= 0.3 is 0 Å². The molecule has 0 radical (unpaired) electrons. The highest BCUT2D eigenvalue weighted by Crippen LogP contribution is 2.27. The van der Waals surface area contributed by atoms with E-state index in [9.17, 15) is 13.2 Å². The lowest BCUT2D eigenvalue weighted by Gasteiger charge is -2.20. The predicted octanol–water partition coefficient (Wildman–Crippen LogP) is 1.62. The van der Waals surface area contributed by atoms with Gasteiger partial charge in [-0.05, 0) is 24.3 Å². The number of hydrogen-bond donors (Lipinski definition) is 1. The van der Waals surface area contributed by atoms with Crippen LogP contribution in [0, 0.1) is 0 Å². The minimum atomic E-state index is -3.84. The van der Waals surface area contributed by atoms with E-state index in [1.807, 2.05) is 0 Å². The minimum absolute atomic E-state index is 0.0280. The zero-order chi connectivity index (χ0) is 19.2. The maximum Gasteiger partial charge on any atom is 0.244 e. The number of nitrogens with one attached hydrogen (secondary N) is 1. The summed E-state index contributed by atoms with van der Waals surface area (Å²) in [6.07, 6.45) is 1.52. The molecular formula is C17H22N2O6S. The highest BCUT2D eigenvalue weighted by atomic mass is 32.2. The molecule has 0 fully saturated rings. The minimum Gasteiger partial charge on any atom is -0.497 e. The molecule has 0 aliphatic carbocycles. The van der Waals surface area contributed by atoms with Gasteiger partial charge in [0.05, 0.1) is 27.0 Å². The Labute approximate surface area is 152 Å². The van der Waals surface area contributed by atoms with Crippen LogP contribution in [-0.4, -0.2) is 46.5 Å². The number of carbonyl (C=O) groups is 1. The van der Waals surface area contributed by atoms with Crippen molar-refractivity contribution in [1.82, 2.24) is 9.62 Å². The first-order chi connectivity index (χ1) is 12.4. The number of hydrogen-bond acceptors (Lipinski definition) is 6. The molecule has 26 heavy (non-hydrogen) atoms. The molecular weight excluding hydrogens is 360 g/mol. The number of ether oxygens (including phenoxy) is 2. The molecule has 1 aromatic heterocycles. The number of nitrogens with zero attached hydrogens (tertiary/aromatic N) is 1. The number of rotatable bonds is 9. The van der Waals surface area contributed by atoms with Gasteiger partial charge in [0.15, 0.2) is 0 Å². The molecule has 0 atom stereocenters. The Morgan fingerprint density at radius 2 is 2.00 bits per heavy atom. The number of methoxy groups -OCH3 is 2. The van der Waals surface area contributed by atoms with E-state index in [1.54, 1.807) is 18.2 Å². The van der Waals surface area contributed by atoms with Crippen LogP contribution < -0.4 is 14.2 Å². The molecule has 0 saturated heterocycles. The summed E-state index contributed by atoms with van der Waals surface area (Å²) in [5.41, 5.74) is 0. The molecule has 0 spiro atoms. The van der Waals surface area contributed by atoms with Crippen LogP contribution in [0.3, 0.4) is 0 Å². The second kappa shape index (κ2) is 8.72. The highest BCUT2D eigenvalue weighted by molar-refractivity contribution is 7.89. The molecule has 2 rings (SSSR count). The van der Waals surface area contributed by atoms with Crippen LogP contribution in [0.2, 0.25) is 0 Å². The van der Waals surface area contributed by atoms with E-state index >= 15 is 0 Å². The number of furan rings is 1. The fourth-order valence-electron chi connectivity index (χ4n) is 2.33. The Morgan fingerprint density at radius 3 is 2.58 bits per heavy atom. The third kappa shape index (κ3) is 4.99. The van der Waals surface area contributed by atoms with Gasteiger partial charge in [0.2, 0.25) is 15.9 Å². The van der Waals surface area contributed by atoms with E-state index in [1.165, 1.54) is 44.4 Å². The molecule has 1 amide bonds. The zero-order valence-electron chi connectivity index (χ0n) is 14.9. The van der Waals surface area contributed by atoms with Crippen molar-refractivity contribution < 1.29 is 27.1 Å².